The van der Waals surface area contributed by atoms with E-state index in [9.17, 15) is 4.79 Å². The van der Waals surface area contributed by atoms with Crippen LogP contribution in [0.4, 0.5) is 5.69 Å². The van der Waals surface area contributed by atoms with Gasteiger partial charge in [0.1, 0.15) is 5.54 Å². The molecule has 116 valence electrons. The summed E-state index contributed by atoms with van der Waals surface area (Å²) >= 11 is 3.53. The molecule has 1 aromatic rings. The lowest BCUT2D eigenvalue weighted by molar-refractivity contribution is -0.148. The van der Waals surface area contributed by atoms with Crippen molar-refractivity contribution < 1.29 is 9.53 Å². The van der Waals surface area contributed by atoms with Crippen LogP contribution in [0.1, 0.15) is 27.2 Å². The number of hydrogen-bond donors (Lipinski definition) is 1. The van der Waals surface area contributed by atoms with Gasteiger partial charge >= 0.3 is 5.97 Å². The number of hydrogen-bond acceptors (Lipinski definition) is 4. The first-order chi connectivity index (χ1) is 9.98. The van der Waals surface area contributed by atoms with E-state index in [0.717, 1.165) is 23.1 Å². The molecule has 1 heterocycles. The first kappa shape index (κ1) is 16.3. The summed E-state index contributed by atoms with van der Waals surface area (Å²) in [6.45, 7) is 8.12. The summed E-state index contributed by atoms with van der Waals surface area (Å²) in [4.78, 5) is 14.8. The number of nitrogens with one attached hydrogen (secondary N) is 1. The number of benzene rings is 1. The lowest BCUT2D eigenvalue weighted by atomic mass is 9.98. The summed E-state index contributed by atoms with van der Waals surface area (Å²) in [6, 6.07) is 8.28. The van der Waals surface area contributed by atoms with Crippen LogP contribution in [0, 0.1) is 0 Å². The molecule has 0 bridgehead atoms. The molecule has 1 atom stereocenters. The van der Waals surface area contributed by atoms with Crippen molar-refractivity contribution in [3.63, 3.8) is 0 Å². The first-order valence-corrected chi connectivity index (χ1v) is 8.22. The van der Waals surface area contributed by atoms with Gasteiger partial charge in [-0.2, -0.15) is 0 Å². The second-order valence-electron chi connectivity index (χ2n) is 5.72. The van der Waals surface area contributed by atoms with Crippen molar-refractivity contribution in [3.8, 4) is 0 Å². The van der Waals surface area contributed by atoms with E-state index in [1.807, 2.05) is 31.2 Å². The van der Waals surface area contributed by atoms with Gasteiger partial charge in [0, 0.05) is 29.3 Å². The van der Waals surface area contributed by atoms with Crippen LogP contribution in [0.15, 0.2) is 28.7 Å². The van der Waals surface area contributed by atoms with Crippen molar-refractivity contribution in [2.24, 2.45) is 0 Å². The third-order valence-corrected chi connectivity index (χ3v) is 4.63. The normalized spacial score (nSPS) is 22.5. The molecule has 5 heteroatoms. The maximum Gasteiger partial charge on any atom is 0.333 e. The van der Waals surface area contributed by atoms with E-state index < -0.39 is 5.54 Å². The van der Waals surface area contributed by atoms with Gasteiger partial charge in [-0.3, -0.25) is 4.90 Å². The largest absolute Gasteiger partial charge is 0.464 e. The minimum Gasteiger partial charge on any atom is -0.464 e. The van der Waals surface area contributed by atoms with Crippen LogP contribution >= 0.6 is 15.9 Å². The van der Waals surface area contributed by atoms with Gasteiger partial charge < -0.3 is 10.1 Å². The number of anilines is 1. The van der Waals surface area contributed by atoms with Gasteiger partial charge in [-0.15, -0.1) is 0 Å². The van der Waals surface area contributed by atoms with Crippen molar-refractivity contribution in [2.45, 2.75) is 38.8 Å². The van der Waals surface area contributed by atoms with E-state index in [2.05, 4.69) is 40.0 Å². The molecule has 1 saturated heterocycles. The van der Waals surface area contributed by atoms with Crippen LogP contribution in [-0.2, 0) is 9.53 Å². The van der Waals surface area contributed by atoms with E-state index >= 15 is 0 Å². The Morgan fingerprint density at radius 3 is 2.76 bits per heavy atom. The molecule has 0 aliphatic carbocycles. The van der Waals surface area contributed by atoms with E-state index in [-0.39, 0.29) is 5.97 Å². The molecule has 21 heavy (non-hydrogen) atoms. The Labute approximate surface area is 135 Å². The Morgan fingerprint density at radius 1 is 1.48 bits per heavy atom. The smallest absolute Gasteiger partial charge is 0.333 e. The standard InChI is InChI=1S/C16H23BrN2O2/c1-4-21-15(20)16(9-10-19(11-16)12(2)3)18-14-8-6-5-7-13(14)17/h5-8,12,18H,4,9-11H2,1-3H3. The molecule has 0 radical (unpaired) electrons. The average molecular weight is 355 g/mol. The highest BCUT2D eigenvalue weighted by Crippen LogP contribution is 2.32. The van der Waals surface area contributed by atoms with Crippen molar-refractivity contribution in [1.29, 1.82) is 0 Å². The number of likely N-dealkylation sites (tertiary alicyclic amines) is 1. The van der Waals surface area contributed by atoms with Crippen molar-refractivity contribution in [2.75, 3.05) is 25.0 Å². The molecule has 1 unspecified atom stereocenters. The zero-order valence-corrected chi connectivity index (χ0v) is 14.4. The summed E-state index contributed by atoms with van der Waals surface area (Å²) in [7, 11) is 0. The molecule has 0 amide bonds. The van der Waals surface area contributed by atoms with Gasteiger partial charge in [-0.05, 0) is 55.3 Å². The van der Waals surface area contributed by atoms with E-state index in [0.29, 0.717) is 19.2 Å². The molecule has 1 N–H and O–H groups in total. The summed E-state index contributed by atoms with van der Waals surface area (Å²) in [5, 5.41) is 3.43. The van der Waals surface area contributed by atoms with Gasteiger partial charge in [-0.25, -0.2) is 4.79 Å². The first-order valence-electron chi connectivity index (χ1n) is 7.42. The number of rotatable bonds is 5. The molecule has 1 aliphatic rings. The predicted octanol–water partition coefficient (Wildman–Crippen LogP) is 3.28. The lowest BCUT2D eigenvalue weighted by Gasteiger charge is -2.30. The molecule has 0 aromatic heterocycles. The zero-order chi connectivity index (χ0) is 15.5. The Kier molecular flexibility index (Phi) is 5.27. The van der Waals surface area contributed by atoms with E-state index in [4.69, 9.17) is 4.74 Å². The molecular weight excluding hydrogens is 332 g/mol. The topological polar surface area (TPSA) is 41.6 Å². The molecule has 4 nitrogen and oxygen atoms in total. The highest BCUT2D eigenvalue weighted by Gasteiger charge is 2.46. The fraction of sp³-hybridized carbons (Fsp3) is 0.562. The third kappa shape index (κ3) is 3.58. The van der Waals surface area contributed by atoms with Crippen LogP contribution in [0.5, 0.6) is 0 Å². The second kappa shape index (κ2) is 6.79. The Balaban J connectivity index is 2.25. The SMILES string of the molecule is CCOC(=O)C1(Nc2ccccc2Br)CCN(C(C)C)C1. The van der Waals surface area contributed by atoms with Crippen molar-refractivity contribution >= 4 is 27.6 Å². The van der Waals surface area contributed by atoms with Crippen LogP contribution in [0.3, 0.4) is 0 Å². The van der Waals surface area contributed by atoms with E-state index in [1.165, 1.54) is 0 Å². The Hall–Kier alpha value is -1.07. The van der Waals surface area contributed by atoms with Crippen LogP contribution < -0.4 is 5.32 Å². The lowest BCUT2D eigenvalue weighted by Crippen LogP contribution is -2.50. The van der Waals surface area contributed by atoms with Gasteiger partial charge in [0.2, 0.25) is 0 Å². The van der Waals surface area contributed by atoms with Gasteiger partial charge in [0.25, 0.3) is 0 Å². The minimum atomic E-state index is -0.663. The number of para-hydroxylation sites is 1. The zero-order valence-electron chi connectivity index (χ0n) is 12.9. The Morgan fingerprint density at radius 2 is 2.19 bits per heavy atom. The number of esters is 1. The molecule has 1 fully saturated rings. The fourth-order valence-corrected chi connectivity index (χ4v) is 3.07. The Bertz CT molecular complexity index is 507. The minimum absolute atomic E-state index is 0.163. The molecule has 1 aliphatic heterocycles. The highest BCUT2D eigenvalue weighted by atomic mass is 79.9. The number of nitrogens with zero attached hydrogens (tertiary/aromatic N) is 1. The van der Waals surface area contributed by atoms with Gasteiger partial charge in [0.15, 0.2) is 0 Å². The van der Waals surface area contributed by atoms with E-state index in [1.54, 1.807) is 0 Å². The van der Waals surface area contributed by atoms with Gasteiger partial charge in [-0.1, -0.05) is 12.1 Å². The monoisotopic (exact) mass is 354 g/mol. The number of halogens is 1. The summed E-state index contributed by atoms with van der Waals surface area (Å²) < 4.78 is 6.28. The number of ether oxygens (including phenoxy) is 1. The average Bonchev–Trinajstić information content (AvgIpc) is 2.88. The summed E-state index contributed by atoms with van der Waals surface area (Å²) in [5.74, 6) is -0.163. The third-order valence-electron chi connectivity index (χ3n) is 3.94. The highest BCUT2D eigenvalue weighted by molar-refractivity contribution is 9.10. The summed E-state index contributed by atoms with van der Waals surface area (Å²) in [5.41, 5.74) is 0.264. The van der Waals surface area contributed by atoms with Crippen molar-refractivity contribution in [3.05, 3.63) is 28.7 Å². The van der Waals surface area contributed by atoms with Crippen LogP contribution in [-0.4, -0.2) is 42.1 Å². The van der Waals surface area contributed by atoms with Gasteiger partial charge in [0.05, 0.1) is 6.61 Å². The molecule has 2 rings (SSSR count). The molecule has 1 aromatic carbocycles. The van der Waals surface area contributed by atoms with Crippen LogP contribution in [0.2, 0.25) is 0 Å². The van der Waals surface area contributed by atoms with Crippen molar-refractivity contribution in [1.82, 2.24) is 4.90 Å². The number of carbonyl (C=O) groups is 1. The fourth-order valence-electron chi connectivity index (χ4n) is 2.69. The maximum absolute atomic E-state index is 12.5. The maximum atomic E-state index is 12.5. The summed E-state index contributed by atoms with van der Waals surface area (Å²) in [6.07, 6.45) is 0.755. The predicted molar refractivity (Wildman–Crippen MR) is 88.5 cm³/mol. The molecule has 0 saturated carbocycles. The molecule has 0 spiro atoms. The number of carbonyl (C=O) groups excluding carboxylic acids is 1. The van der Waals surface area contributed by atoms with Crippen LogP contribution in [0.25, 0.3) is 0 Å². The second-order valence-corrected chi connectivity index (χ2v) is 6.58. The quantitative estimate of drug-likeness (QED) is 0.823. The molecular formula is C16H23BrN2O2.